The van der Waals surface area contributed by atoms with Crippen molar-refractivity contribution in [3.8, 4) is 34.2 Å². The molecule has 4 aromatic heterocycles. The molecule has 0 atom stereocenters. The van der Waals surface area contributed by atoms with E-state index in [0.29, 0.717) is 11.9 Å². The van der Waals surface area contributed by atoms with Gasteiger partial charge in [-0.1, -0.05) is 84.9 Å². The quantitative estimate of drug-likeness (QED) is 0.187. The van der Waals surface area contributed by atoms with Crippen molar-refractivity contribution in [3.05, 3.63) is 181 Å². The zero-order chi connectivity index (χ0) is 33.3. The van der Waals surface area contributed by atoms with Crippen molar-refractivity contribution in [2.75, 3.05) is 0 Å². The van der Waals surface area contributed by atoms with Crippen LogP contribution in [-0.4, -0.2) is 29.1 Å². The standard InChI is InChI=1S/C45H26N6/c1-5-15-35-27(11-1)31-23-33-29-13-3-7-17-39(29)50(43-46-19-9-20-47-43)41(33)25-37(31)45(35)36-16-6-2-12-28(36)32-24-34-30-14-4-8-18-40(30)51(42(34)26-38(32)45)44-48-21-10-22-49-44/h1-26H. The van der Waals surface area contributed by atoms with Crippen molar-refractivity contribution in [1.82, 2.24) is 29.1 Å². The van der Waals surface area contributed by atoms with Crippen molar-refractivity contribution in [2.45, 2.75) is 5.41 Å². The molecule has 4 heterocycles. The van der Waals surface area contributed by atoms with Crippen LogP contribution in [0, 0.1) is 0 Å². The molecule has 0 fully saturated rings. The second kappa shape index (κ2) is 9.61. The van der Waals surface area contributed by atoms with Crippen molar-refractivity contribution >= 4 is 43.6 Å². The number of rotatable bonds is 2. The van der Waals surface area contributed by atoms with E-state index in [1.807, 2.05) is 36.9 Å². The van der Waals surface area contributed by atoms with Gasteiger partial charge < -0.3 is 0 Å². The Labute approximate surface area is 292 Å². The van der Waals surface area contributed by atoms with E-state index in [1.165, 1.54) is 66.1 Å². The topological polar surface area (TPSA) is 61.4 Å². The summed E-state index contributed by atoms with van der Waals surface area (Å²) in [6, 6.07) is 48.5. The van der Waals surface area contributed by atoms with Crippen LogP contribution >= 0.6 is 0 Å². The number of benzene rings is 6. The SMILES string of the molecule is c1cnc(-n2c3ccccc3c3cc4c(cc32)C2(c3ccccc3-4)c3ccccc3-c3cc4c5ccccc5n(-c5ncccn5)c4cc32)nc1. The van der Waals surface area contributed by atoms with E-state index in [4.69, 9.17) is 19.9 Å². The Morgan fingerprint density at radius 1 is 0.333 bits per heavy atom. The average molecular weight is 651 g/mol. The maximum atomic E-state index is 4.75. The fraction of sp³-hybridized carbons (Fsp3) is 0.0222. The minimum Gasteiger partial charge on any atom is -0.278 e. The van der Waals surface area contributed by atoms with Crippen LogP contribution in [0.25, 0.3) is 77.8 Å². The van der Waals surface area contributed by atoms with E-state index in [1.54, 1.807) is 0 Å². The fourth-order valence-corrected chi connectivity index (χ4v) is 9.30. The molecule has 236 valence electrons. The summed E-state index contributed by atoms with van der Waals surface area (Å²) in [6.07, 6.45) is 7.27. The van der Waals surface area contributed by atoms with Crippen LogP contribution in [0.2, 0.25) is 0 Å². The van der Waals surface area contributed by atoms with Gasteiger partial charge in [0, 0.05) is 46.3 Å². The molecule has 0 unspecified atom stereocenters. The third-order valence-corrected chi connectivity index (χ3v) is 11.2. The third-order valence-electron chi connectivity index (χ3n) is 11.2. The number of hydrogen-bond donors (Lipinski definition) is 0. The molecule has 2 aliphatic carbocycles. The van der Waals surface area contributed by atoms with Gasteiger partial charge >= 0.3 is 0 Å². The van der Waals surface area contributed by atoms with Crippen LogP contribution in [0.3, 0.4) is 0 Å². The summed E-state index contributed by atoms with van der Waals surface area (Å²) in [7, 11) is 0. The molecule has 0 N–H and O–H groups in total. The van der Waals surface area contributed by atoms with Crippen LogP contribution in [0.15, 0.2) is 158 Å². The smallest absolute Gasteiger partial charge is 0.234 e. The van der Waals surface area contributed by atoms with Gasteiger partial charge in [0.1, 0.15) is 0 Å². The average Bonchev–Trinajstić information content (AvgIpc) is 3.88. The van der Waals surface area contributed by atoms with Crippen LogP contribution in [0.4, 0.5) is 0 Å². The minimum absolute atomic E-state index is 0.558. The highest BCUT2D eigenvalue weighted by atomic mass is 15.2. The normalized spacial score (nSPS) is 13.6. The highest BCUT2D eigenvalue weighted by Crippen LogP contribution is 2.64. The number of nitrogens with zero attached hydrogens (tertiary/aromatic N) is 6. The van der Waals surface area contributed by atoms with Gasteiger partial charge in [-0.05, 0) is 93.0 Å². The molecular weight excluding hydrogens is 625 g/mol. The van der Waals surface area contributed by atoms with Gasteiger partial charge in [0.05, 0.1) is 27.5 Å². The van der Waals surface area contributed by atoms with E-state index in [-0.39, 0.29) is 0 Å². The summed E-state index contributed by atoms with van der Waals surface area (Å²) in [6.45, 7) is 0. The first kappa shape index (κ1) is 27.0. The monoisotopic (exact) mass is 650 g/mol. The zero-order valence-electron chi connectivity index (χ0n) is 27.2. The maximum absolute atomic E-state index is 4.75. The summed E-state index contributed by atoms with van der Waals surface area (Å²) in [5.74, 6) is 1.32. The molecule has 0 bridgehead atoms. The molecular formula is C45H26N6. The van der Waals surface area contributed by atoms with Gasteiger partial charge in [0.15, 0.2) is 0 Å². The fourth-order valence-electron chi connectivity index (χ4n) is 9.30. The molecule has 0 saturated heterocycles. The number of aromatic nitrogens is 6. The second-order valence-electron chi connectivity index (χ2n) is 13.5. The van der Waals surface area contributed by atoms with E-state index in [2.05, 4.69) is 130 Å². The molecule has 12 rings (SSSR count). The predicted octanol–water partition coefficient (Wildman–Crippen LogP) is 9.80. The molecule has 0 aliphatic heterocycles. The molecule has 1 spiro atoms. The minimum atomic E-state index is -0.558. The number of hydrogen-bond acceptors (Lipinski definition) is 4. The Bertz CT molecular complexity index is 2870. The molecule has 2 aliphatic rings. The van der Waals surface area contributed by atoms with Crippen LogP contribution in [-0.2, 0) is 5.41 Å². The Balaban J connectivity index is 1.27. The van der Waals surface area contributed by atoms with E-state index >= 15 is 0 Å². The molecule has 6 aromatic carbocycles. The second-order valence-corrected chi connectivity index (χ2v) is 13.5. The van der Waals surface area contributed by atoms with E-state index in [9.17, 15) is 0 Å². The molecule has 10 aromatic rings. The molecule has 6 nitrogen and oxygen atoms in total. The van der Waals surface area contributed by atoms with E-state index < -0.39 is 5.41 Å². The number of fused-ring (bicyclic) bond motifs is 16. The highest BCUT2D eigenvalue weighted by molar-refractivity contribution is 6.14. The molecule has 0 radical (unpaired) electrons. The zero-order valence-corrected chi connectivity index (χ0v) is 27.2. The Morgan fingerprint density at radius 3 is 1.22 bits per heavy atom. The van der Waals surface area contributed by atoms with Gasteiger partial charge in [-0.3, -0.25) is 9.13 Å². The summed E-state index contributed by atoms with van der Waals surface area (Å²) in [5, 5.41) is 4.74. The van der Waals surface area contributed by atoms with Crippen molar-refractivity contribution < 1.29 is 0 Å². The third kappa shape index (κ3) is 3.27. The first-order chi connectivity index (χ1) is 25.3. The van der Waals surface area contributed by atoms with Gasteiger partial charge in [0.2, 0.25) is 11.9 Å². The van der Waals surface area contributed by atoms with Crippen LogP contribution in [0.5, 0.6) is 0 Å². The lowest BCUT2D eigenvalue weighted by molar-refractivity contribution is 0.794. The Hall–Kier alpha value is -6.92. The lowest BCUT2D eigenvalue weighted by Gasteiger charge is -2.30. The number of para-hydroxylation sites is 2. The lowest BCUT2D eigenvalue weighted by Crippen LogP contribution is -2.26. The summed E-state index contributed by atoms with van der Waals surface area (Å²) < 4.78 is 4.44. The Morgan fingerprint density at radius 2 is 0.745 bits per heavy atom. The first-order valence-corrected chi connectivity index (χ1v) is 17.2. The van der Waals surface area contributed by atoms with Crippen LogP contribution < -0.4 is 0 Å². The van der Waals surface area contributed by atoms with Gasteiger partial charge in [-0.2, -0.15) is 0 Å². The van der Waals surface area contributed by atoms with Gasteiger partial charge in [0.25, 0.3) is 0 Å². The van der Waals surface area contributed by atoms with Crippen molar-refractivity contribution in [2.24, 2.45) is 0 Å². The van der Waals surface area contributed by atoms with Crippen molar-refractivity contribution in [3.63, 3.8) is 0 Å². The maximum Gasteiger partial charge on any atom is 0.234 e. The first-order valence-electron chi connectivity index (χ1n) is 17.2. The largest absolute Gasteiger partial charge is 0.278 e. The molecule has 0 saturated carbocycles. The van der Waals surface area contributed by atoms with Crippen LogP contribution in [0.1, 0.15) is 22.3 Å². The van der Waals surface area contributed by atoms with E-state index in [0.717, 1.165) is 22.1 Å². The molecule has 51 heavy (non-hydrogen) atoms. The van der Waals surface area contributed by atoms with Gasteiger partial charge in [-0.15, -0.1) is 0 Å². The predicted molar refractivity (Wildman–Crippen MR) is 203 cm³/mol. The summed E-state index contributed by atoms with van der Waals surface area (Å²) in [4.78, 5) is 19.0. The molecule has 6 heteroatoms. The van der Waals surface area contributed by atoms with Crippen molar-refractivity contribution in [1.29, 1.82) is 0 Å². The summed E-state index contributed by atoms with van der Waals surface area (Å²) >= 11 is 0. The highest BCUT2D eigenvalue weighted by Gasteiger charge is 2.52. The molecule has 0 amide bonds. The lowest BCUT2D eigenvalue weighted by atomic mass is 9.70. The van der Waals surface area contributed by atoms with Gasteiger partial charge in [-0.25, -0.2) is 19.9 Å². The Kier molecular flexibility index (Phi) is 5.08. The summed E-state index contributed by atoms with van der Waals surface area (Å²) in [5.41, 5.74) is 13.9.